The van der Waals surface area contributed by atoms with E-state index in [-0.39, 0.29) is 11.5 Å². The number of fused-ring (bicyclic) bond motifs is 1. The number of anilines is 1. The number of hydrogen-bond acceptors (Lipinski definition) is 4. The molecule has 1 heterocycles. The van der Waals surface area contributed by atoms with Crippen LogP contribution in [0.5, 0.6) is 0 Å². The molecule has 144 valence electrons. The number of rotatable bonds is 6. The van der Waals surface area contributed by atoms with Crippen molar-refractivity contribution in [2.45, 2.75) is 13.1 Å². The molecule has 29 heavy (non-hydrogen) atoms. The summed E-state index contributed by atoms with van der Waals surface area (Å²) in [5, 5.41) is 7.96. The van der Waals surface area contributed by atoms with E-state index in [1.54, 1.807) is 24.3 Å². The molecule has 0 bridgehead atoms. The number of aryl methyl sites for hydroxylation is 1. The van der Waals surface area contributed by atoms with Crippen LogP contribution in [0, 0.1) is 6.92 Å². The minimum atomic E-state index is -0.957. The van der Waals surface area contributed by atoms with Crippen molar-refractivity contribution in [2.75, 3.05) is 5.32 Å². The Balaban J connectivity index is 1.68. The molecule has 0 aliphatic carbocycles. The molecule has 1 atom stereocenters. The van der Waals surface area contributed by atoms with Crippen LogP contribution in [-0.4, -0.2) is 17.9 Å². The van der Waals surface area contributed by atoms with Crippen LogP contribution in [0.15, 0.2) is 89.5 Å². The van der Waals surface area contributed by atoms with Gasteiger partial charge in [-0.3, -0.25) is 9.59 Å². The lowest BCUT2D eigenvalue weighted by Gasteiger charge is -2.21. The summed E-state index contributed by atoms with van der Waals surface area (Å²) >= 11 is 0. The second-order valence-corrected chi connectivity index (χ2v) is 6.79. The van der Waals surface area contributed by atoms with Gasteiger partial charge in [0.15, 0.2) is 11.9 Å². The van der Waals surface area contributed by atoms with Crippen molar-refractivity contribution in [1.82, 2.24) is 5.32 Å². The van der Waals surface area contributed by atoms with Gasteiger partial charge in [0.1, 0.15) is 0 Å². The lowest BCUT2D eigenvalue weighted by Crippen LogP contribution is -2.46. The highest BCUT2D eigenvalue weighted by Gasteiger charge is 2.24. The third-order valence-corrected chi connectivity index (χ3v) is 4.71. The molecule has 0 aliphatic heterocycles. The topological polar surface area (TPSA) is 71.3 Å². The number of Topliss-reactive ketones (excluding diaryl/α,β-unsaturated/α-hetero) is 1. The molecule has 0 spiro atoms. The quantitative estimate of drug-likeness (QED) is 0.370. The number of carbonyl (C=O) groups is 2. The Hall–Kier alpha value is -3.86. The van der Waals surface area contributed by atoms with E-state index >= 15 is 0 Å². The maximum Gasteiger partial charge on any atom is 0.288 e. The lowest BCUT2D eigenvalue weighted by atomic mass is 10.0. The van der Waals surface area contributed by atoms with Crippen LogP contribution in [0.2, 0.25) is 0 Å². The number of carbonyl (C=O) groups excluding carboxylic acids is 2. The highest BCUT2D eigenvalue weighted by atomic mass is 16.3. The van der Waals surface area contributed by atoms with E-state index < -0.39 is 12.1 Å². The van der Waals surface area contributed by atoms with E-state index in [1.807, 2.05) is 61.5 Å². The molecule has 3 aromatic carbocycles. The highest BCUT2D eigenvalue weighted by molar-refractivity contribution is 6.06. The largest absolute Gasteiger partial charge is 0.459 e. The fourth-order valence-corrected chi connectivity index (χ4v) is 3.17. The Morgan fingerprint density at radius 1 is 0.862 bits per heavy atom. The van der Waals surface area contributed by atoms with E-state index in [2.05, 4.69) is 10.6 Å². The molecular weight excluding hydrogens is 364 g/mol. The van der Waals surface area contributed by atoms with Crippen molar-refractivity contribution < 1.29 is 14.0 Å². The number of benzene rings is 3. The molecule has 1 amide bonds. The summed E-state index contributed by atoms with van der Waals surface area (Å²) < 4.78 is 5.17. The summed E-state index contributed by atoms with van der Waals surface area (Å²) in [6.45, 7) is 1.96. The molecule has 0 unspecified atom stereocenters. The van der Waals surface area contributed by atoms with Gasteiger partial charge in [-0.05, 0) is 30.5 Å². The van der Waals surface area contributed by atoms with Crippen LogP contribution < -0.4 is 10.6 Å². The zero-order chi connectivity index (χ0) is 20.2. The average molecular weight is 384 g/mol. The van der Waals surface area contributed by atoms with Crippen LogP contribution in [0.1, 0.15) is 26.5 Å². The first-order valence-corrected chi connectivity index (χ1v) is 9.31. The van der Waals surface area contributed by atoms with Gasteiger partial charge in [-0.25, -0.2) is 0 Å². The molecule has 5 nitrogen and oxygen atoms in total. The average Bonchev–Trinajstić information content (AvgIpc) is 3.29. The standard InChI is InChI=1S/C24H20N2O3/c1-16-11-13-18(14-12-16)22(27)23(26-24(28)21-10-5-15-29-21)25-20-9-4-7-17-6-2-3-8-19(17)20/h2-15,23,25H,1H3,(H,26,28)/t23-/m1/s1. The zero-order valence-electron chi connectivity index (χ0n) is 15.9. The Labute approximate surface area is 168 Å². The summed E-state index contributed by atoms with van der Waals surface area (Å²) in [6, 6.07) is 24.1. The van der Waals surface area contributed by atoms with Gasteiger partial charge < -0.3 is 15.1 Å². The number of furan rings is 1. The smallest absolute Gasteiger partial charge is 0.288 e. The van der Waals surface area contributed by atoms with Crippen LogP contribution in [-0.2, 0) is 0 Å². The van der Waals surface area contributed by atoms with Crippen molar-refractivity contribution in [3.63, 3.8) is 0 Å². The van der Waals surface area contributed by atoms with Gasteiger partial charge in [-0.1, -0.05) is 66.2 Å². The maximum atomic E-state index is 13.2. The van der Waals surface area contributed by atoms with Crippen molar-refractivity contribution >= 4 is 28.2 Å². The lowest BCUT2D eigenvalue weighted by molar-refractivity contribution is 0.0853. The molecule has 0 fully saturated rings. The minimum absolute atomic E-state index is 0.145. The summed E-state index contributed by atoms with van der Waals surface area (Å²) in [5.41, 5.74) is 2.32. The number of hydrogen-bond donors (Lipinski definition) is 2. The molecule has 0 saturated carbocycles. The Kier molecular flexibility index (Phi) is 5.12. The van der Waals surface area contributed by atoms with Gasteiger partial charge >= 0.3 is 0 Å². The first kappa shape index (κ1) is 18.5. The summed E-state index contributed by atoms with van der Waals surface area (Å²) in [5.74, 6) is -0.558. The van der Waals surface area contributed by atoms with Gasteiger partial charge in [0.2, 0.25) is 5.78 Å². The molecule has 4 rings (SSSR count). The van der Waals surface area contributed by atoms with Crippen LogP contribution in [0.3, 0.4) is 0 Å². The first-order valence-electron chi connectivity index (χ1n) is 9.31. The fourth-order valence-electron chi connectivity index (χ4n) is 3.17. The van der Waals surface area contributed by atoms with E-state index in [0.29, 0.717) is 5.56 Å². The van der Waals surface area contributed by atoms with E-state index in [9.17, 15) is 9.59 Å². The molecular formula is C24H20N2O3. The highest BCUT2D eigenvalue weighted by Crippen LogP contribution is 2.24. The fraction of sp³-hybridized carbons (Fsp3) is 0.0833. The molecule has 4 aromatic rings. The van der Waals surface area contributed by atoms with Gasteiger partial charge in [0, 0.05) is 16.6 Å². The first-order chi connectivity index (χ1) is 14.1. The van der Waals surface area contributed by atoms with Crippen molar-refractivity contribution in [1.29, 1.82) is 0 Å². The Morgan fingerprint density at radius 3 is 2.38 bits per heavy atom. The summed E-state index contributed by atoms with van der Waals surface area (Å²) in [6.07, 6.45) is 0.463. The molecule has 2 N–H and O–H groups in total. The van der Waals surface area contributed by atoms with Crippen molar-refractivity contribution in [2.24, 2.45) is 0 Å². The molecule has 0 saturated heterocycles. The molecule has 1 aromatic heterocycles. The predicted octanol–water partition coefficient (Wildman–Crippen LogP) is 4.79. The second-order valence-electron chi connectivity index (χ2n) is 6.79. The van der Waals surface area contributed by atoms with Gasteiger partial charge in [0.05, 0.1) is 6.26 Å². The normalized spacial score (nSPS) is 11.8. The number of ketones is 1. The predicted molar refractivity (Wildman–Crippen MR) is 113 cm³/mol. The Bertz CT molecular complexity index is 1140. The Morgan fingerprint density at radius 2 is 1.62 bits per heavy atom. The number of nitrogens with one attached hydrogen (secondary N) is 2. The monoisotopic (exact) mass is 384 g/mol. The van der Waals surface area contributed by atoms with Crippen LogP contribution in [0.25, 0.3) is 10.8 Å². The molecule has 5 heteroatoms. The van der Waals surface area contributed by atoms with E-state index in [4.69, 9.17) is 4.42 Å². The third kappa shape index (κ3) is 4.04. The van der Waals surface area contributed by atoms with E-state index in [0.717, 1.165) is 22.0 Å². The molecule has 0 aliphatic rings. The molecule has 0 radical (unpaired) electrons. The van der Waals surface area contributed by atoms with Gasteiger partial charge in [-0.2, -0.15) is 0 Å². The summed E-state index contributed by atoms with van der Waals surface area (Å²) in [7, 11) is 0. The zero-order valence-corrected chi connectivity index (χ0v) is 15.9. The van der Waals surface area contributed by atoms with Crippen LogP contribution in [0.4, 0.5) is 5.69 Å². The van der Waals surface area contributed by atoms with E-state index in [1.165, 1.54) is 6.26 Å². The minimum Gasteiger partial charge on any atom is -0.459 e. The van der Waals surface area contributed by atoms with Crippen LogP contribution >= 0.6 is 0 Å². The van der Waals surface area contributed by atoms with Crippen molar-refractivity contribution in [3.8, 4) is 0 Å². The van der Waals surface area contributed by atoms with Crippen molar-refractivity contribution in [3.05, 3.63) is 102 Å². The third-order valence-electron chi connectivity index (χ3n) is 4.71. The SMILES string of the molecule is Cc1ccc(C(=O)[C@@H](NC(=O)c2ccco2)Nc2cccc3ccccc23)cc1. The van der Waals surface area contributed by atoms with Gasteiger partial charge in [0.25, 0.3) is 5.91 Å². The maximum absolute atomic E-state index is 13.2. The number of amides is 1. The summed E-state index contributed by atoms with van der Waals surface area (Å²) in [4.78, 5) is 25.8. The second kappa shape index (κ2) is 8.02. The van der Waals surface area contributed by atoms with Gasteiger partial charge in [-0.15, -0.1) is 0 Å².